The average Bonchev–Trinajstić information content (AvgIpc) is 3.20. The summed E-state index contributed by atoms with van der Waals surface area (Å²) >= 11 is 0. The third-order valence-electron chi connectivity index (χ3n) is 4.53. The minimum absolute atomic E-state index is 0.0894. The Bertz CT molecular complexity index is 1140. The molecule has 0 fully saturated rings. The highest BCUT2D eigenvalue weighted by atomic mass is 32.2. The van der Waals surface area contributed by atoms with Crippen molar-refractivity contribution in [3.63, 3.8) is 0 Å². The van der Waals surface area contributed by atoms with Crippen molar-refractivity contribution in [1.29, 1.82) is 0 Å². The lowest BCUT2D eigenvalue weighted by Crippen LogP contribution is -2.31. The van der Waals surface area contributed by atoms with Gasteiger partial charge in [-0.05, 0) is 49.2 Å². The lowest BCUT2D eigenvalue weighted by atomic mass is 10.1. The van der Waals surface area contributed by atoms with Gasteiger partial charge in [0.15, 0.2) is 11.7 Å². The van der Waals surface area contributed by atoms with E-state index in [1.165, 1.54) is 12.1 Å². The van der Waals surface area contributed by atoms with Crippen LogP contribution in [-0.2, 0) is 33.5 Å². The van der Waals surface area contributed by atoms with E-state index in [0.717, 1.165) is 5.56 Å². The summed E-state index contributed by atoms with van der Waals surface area (Å²) in [5.74, 6) is 0.381. The molecular formula is C23H26FN3O4S. The van der Waals surface area contributed by atoms with Gasteiger partial charge in [-0.25, -0.2) is 22.5 Å². The van der Waals surface area contributed by atoms with Crippen LogP contribution in [-0.4, -0.2) is 25.4 Å². The fourth-order valence-electron chi connectivity index (χ4n) is 3.06. The number of aromatic nitrogens is 1. The molecule has 2 N–H and O–H groups in total. The van der Waals surface area contributed by atoms with E-state index in [4.69, 9.17) is 4.42 Å². The topological polar surface area (TPSA) is 101 Å². The standard InChI is InChI=1S/C23H26FN3O4S/c1-16(2)27-32(29,30)15-18-5-3-17(4-6-18)13-25-22(28)11-12-23-26-14-21(31-23)19-7-9-20(24)10-8-19/h3-10,14,16,27H,11-13,15H2,1-2H3,(H,25,28). The molecule has 0 spiro atoms. The molecular weight excluding hydrogens is 433 g/mol. The molecule has 0 saturated carbocycles. The van der Waals surface area contributed by atoms with Crippen molar-refractivity contribution in [2.75, 3.05) is 0 Å². The zero-order valence-corrected chi connectivity index (χ0v) is 18.8. The van der Waals surface area contributed by atoms with Crippen LogP contribution in [0.25, 0.3) is 11.3 Å². The third kappa shape index (κ3) is 7.28. The molecule has 0 saturated heterocycles. The number of benzene rings is 2. The molecule has 9 heteroatoms. The fourth-order valence-corrected chi connectivity index (χ4v) is 4.49. The summed E-state index contributed by atoms with van der Waals surface area (Å²) in [7, 11) is -3.38. The van der Waals surface area contributed by atoms with Crippen molar-refractivity contribution < 1.29 is 22.0 Å². The second-order valence-corrected chi connectivity index (χ2v) is 9.50. The predicted molar refractivity (Wildman–Crippen MR) is 119 cm³/mol. The third-order valence-corrected chi connectivity index (χ3v) is 6.08. The minimum atomic E-state index is -3.38. The molecule has 7 nitrogen and oxygen atoms in total. The van der Waals surface area contributed by atoms with Gasteiger partial charge in [0.25, 0.3) is 0 Å². The lowest BCUT2D eigenvalue weighted by Gasteiger charge is -2.10. The Morgan fingerprint density at radius 2 is 1.72 bits per heavy atom. The van der Waals surface area contributed by atoms with Crippen LogP contribution in [0.5, 0.6) is 0 Å². The van der Waals surface area contributed by atoms with E-state index in [9.17, 15) is 17.6 Å². The van der Waals surface area contributed by atoms with Crippen LogP contribution in [0, 0.1) is 5.82 Å². The molecule has 1 heterocycles. The number of aryl methyl sites for hydroxylation is 1. The van der Waals surface area contributed by atoms with Crippen molar-refractivity contribution >= 4 is 15.9 Å². The molecule has 32 heavy (non-hydrogen) atoms. The Morgan fingerprint density at radius 1 is 1.06 bits per heavy atom. The molecule has 1 aromatic heterocycles. The minimum Gasteiger partial charge on any atom is -0.441 e. The van der Waals surface area contributed by atoms with Gasteiger partial charge in [-0.15, -0.1) is 0 Å². The van der Waals surface area contributed by atoms with E-state index in [0.29, 0.717) is 35.7 Å². The Labute approximate surface area is 187 Å². The molecule has 1 amide bonds. The molecule has 3 aromatic rings. The first-order valence-electron chi connectivity index (χ1n) is 10.3. The van der Waals surface area contributed by atoms with Crippen LogP contribution < -0.4 is 10.0 Å². The lowest BCUT2D eigenvalue weighted by molar-refractivity contribution is -0.121. The number of hydrogen-bond acceptors (Lipinski definition) is 5. The highest BCUT2D eigenvalue weighted by Gasteiger charge is 2.13. The zero-order chi connectivity index (χ0) is 23.1. The smallest absolute Gasteiger partial charge is 0.220 e. The van der Waals surface area contributed by atoms with Crippen molar-refractivity contribution in [1.82, 2.24) is 15.0 Å². The van der Waals surface area contributed by atoms with Crippen LogP contribution in [0.3, 0.4) is 0 Å². The van der Waals surface area contributed by atoms with Gasteiger partial charge in [0, 0.05) is 31.0 Å². The van der Waals surface area contributed by atoms with Gasteiger partial charge in [0.1, 0.15) is 5.82 Å². The monoisotopic (exact) mass is 459 g/mol. The van der Waals surface area contributed by atoms with Crippen LogP contribution in [0.2, 0.25) is 0 Å². The highest BCUT2D eigenvalue weighted by molar-refractivity contribution is 7.88. The number of sulfonamides is 1. The van der Waals surface area contributed by atoms with Crippen LogP contribution in [0.1, 0.15) is 37.3 Å². The molecule has 0 aliphatic carbocycles. The van der Waals surface area contributed by atoms with Gasteiger partial charge in [-0.1, -0.05) is 24.3 Å². The number of rotatable bonds is 10. The maximum atomic E-state index is 13.0. The first kappa shape index (κ1) is 23.6. The van der Waals surface area contributed by atoms with E-state index in [-0.39, 0.29) is 29.9 Å². The number of nitrogens with zero attached hydrogens (tertiary/aromatic N) is 1. The van der Waals surface area contributed by atoms with E-state index in [2.05, 4.69) is 15.0 Å². The largest absolute Gasteiger partial charge is 0.441 e. The normalized spacial score (nSPS) is 11.6. The molecule has 170 valence electrons. The van der Waals surface area contributed by atoms with Crippen molar-refractivity contribution in [3.8, 4) is 11.3 Å². The average molecular weight is 460 g/mol. The molecule has 0 atom stereocenters. The number of oxazole rings is 1. The van der Waals surface area contributed by atoms with E-state index in [1.54, 1.807) is 56.4 Å². The summed E-state index contributed by atoms with van der Waals surface area (Å²) in [6.45, 7) is 3.88. The molecule has 0 aliphatic heterocycles. The summed E-state index contributed by atoms with van der Waals surface area (Å²) in [6, 6.07) is 12.8. The zero-order valence-electron chi connectivity index (χ0n) is 18.0. The van der Waals surface area contributed by atoms with Crippen LogP contribution in [0.4, 0.5) is 4.39 Å². The van der Waals surface area contributed by atoms with Gasteiger partial charge in [0.2, 0.25) is 15.9 Å². The molecule has 0 bridgehead atoms. The number of carbonyl (C=O) groups excluding carboxylic acids is 1. The number of carbonyl (C=O) groups is 1. The van der Waals surface area contributed by atoms with Crippen LogP contribution >= 0.6 is 0 Å². The summed E-state index contributed by atoms with van der Waals surface area (Å²) in [4.78, 5) is 16.3. The van der Waals surface area contributed by atoms with E-state index < -0.39 is 10.0 Å². The Morgan fingerprint density at radius 3 is 2.38 bits per heavy atom. The molecule has 0 radical (unpaired) electrons. The van der Waals surface area contributed by atoms with Crippen LogP contribution in [0.15, 0.2) is 59.1 Å². The van der Waals surface area contributed by atoms with Gasteiger partial charge >= 0.3 is 0 Å². The molecule has 2 aromatic carbocycles. The Kier molecular flexibility index (Phi) is 7.76. The number of nitrogens with one attached hydrogen (secondary N) is 2. The SMILES string of the molecule is CC(C)NS(=O)(=O)Cc1ccc(CNC(=O)CCc2ncc(-c3ccc(F)cc3)o2)cc1. The molecule has 0 unspecified atom stereocenters. The summed E-state index contributed by atoms with van der Waals surface area (Å²) < 4.78 is 45.2. The number of hydrogen-bond donors (Lipinski definition) is 2. The van der Waals surface area contributed by atoms with E-state index in [1.807, 2.05) is 0 Å². The summed E-state index contributed by atoms with van der Waals surface area (Å²) in [5, 5.41) is 2.83. The highest BCUT2D eigenvalue weighted by Crippen LogP contribution is 2.21. The summed E-state index contributed by atoms with van der Waals surface area (Å²) in [5.41, 5.74) is 2.26. The molecule has 0 aliphatic rings. The van der Waals surface area contributed by atoms with Gasteiger partial charge in [0.05, 0.1) is 11.9 Å². The second-order valence-electron chi connectivity index (χ2n) is 7.75. The quantitative estimate of drug-likeness (QED) is 0.483. The van der Waals surface area contributed by atoms with Crippen molar-refractivity contribution in [2.24, 2.45) is 0 Å². The van der Waals surface area contributed by atoms with Crippen molar-refractivity contribution in [2.45, 2.75) is 45.0 Å². The maximum absolute atomic E-state index is 13.0. The Hall–Kier alpha value is -3.04. The second kappa shape index (κ2) is 10.5. The van der Waals surface area contributed by atoms with Gasteiger partial charge in [-0.2, -0.15) is 0 Å². The first-order valence-corrected chi connectivity index (χ1v) is 11.9. The number of halogens is 1. The Balaban J connectivity index is 1.44. The molecule has 3 rings (SSSR count). The summed E-state index contributed by atoms with van der Waals surface area (Å²) in [6.07, 6.45) is 2.10. The fraction of sp³-hybridized carbons (Fsp3) is 0.304. The van der Waals surface area contributed by atoms with E-state index >= 15 is 0 Å². The van der Waals surface area contributed by atoms with Crippen molar-refractivity contribution in [3.05, 3.63) is 77.6 Å². The maximum Gasteiger partial charge on any atom is 0.220 e. The first-order chi connectivity index (χ1) is 15.2. The van der Waals surface area contributed by atoms with Gasteiger partial charge < -0.3 is 9.73 Å². The number of amides is 1. The van der Waals surface area contributed by atoms with Gasteiger partial charge in [-0.3, -0.25) is 4.79 Å². The predicted octanol–water partition coefficient (Wildman–Crippen LogP) is 3.56.